The molecule has 1 heterocycles. The van der Waals surface area contributed by atoms with Crippen molar-refractivity contribution in [3.8, 4) is 0 Å². The van der Waals surface area contributed by atoms with Crippen LogP contribution >= 0.6 is 11.3 Å². The lowest BCUT2D eigenvalue weighted by Crippen LogP contribution is -2.24. The lowest BCUT2D eigenvalue weighted by molar-refractivity contribution is -0.125. The zero-order valence-corrected chi connectivity index (χ0v) is 8.19. The van der Waals surface area contributed by atoms with Crippen LogP contribution in [0.2, 0.25) is 0 Å². The molecule has 4 nitrogen and oxygen atoms in total. The molecule has 0 saturated heterocycles. The van der Waals surface area contributed by atoms with Gasteiger partial charge in [0.25, 0.3) is 0 Å². The molecule has 0 aliphatic rings. The summed E-state index contributed by atoms with van der Waals surface area (Å²) in [6.45, 7) is 2.54. The van der Waals surface area contributed by atoms with Gasteiger partial charge in [0.1, 0.15) is 6.61 Å². The molecular weight excluding hydrogens is 188 g/mol. The van der Waals surface area contributed by atoms with E-state index in [4.69, 9.17) is 10.6 Å². The summed E-state index contributed by atoms with van der Waals surface area (Å²) in [7, 11) is 0. The first-order valence-electron chi connectivity index (χ1n) is 3.86. The van der Waals surface area contributed by atoms with Crippen LogP contribution in [0.25, 0.3) is 0 Å². The Morgan fingerprint density at radius 1 is 1.77 bits per heavy atom. The van der Waals surface area contributed by atoms with E-state index < -0.39 is 5.91 Å². The molecule has 0 atom stereocenters. The van der Waals surface area contributed by atoms with Gasteiger partial charge < -0.3 is 5.73 Å². The van der Waals surface area contributed by atoms with Gasteiger partial charge >= 0.3 is 0 Å². The second-order valence-electron chi connectivity index (χ2n) is 2.60. The first-order chi connectivity index (χ1) is 6.20. The third-order valence-electron chi connectivity index (χ3n) is 1.52. The van der Waals surface area contributed by atoms with Gasteiger partial charge in [0.15, 0.2) is 0 Å². The number of carbonyl (C=O) groups excluding carboxylic acids is 1. The van der Waals surface area contributed by atoms with Gasteiger partial charge in [0, 0.05) is 4.88 Å². The zero-order chi connectivity index (χ0) is 9.68. The second-order valence-corrected chi connectivity index (χ2v) is 3.60. The standard InChI is InChI=1S/C8H12N2O2S/c1-6-2-3-13-7(6)4-10-12-5-8(9)11/h2-3,10H,4-5H2,1H3,(H2,9,11). The Hall–Kier alpha value is -0.910. The van der Waals surface area contributed by atoms with Crippen LogP contribution in [-0.4, -0.2) is 12.5 Å². The molecule has 0 fully saturated rings. The van der Waals surface area contributed by atoms with Crippen LogP contribution in [0.3, 0.4) is 0 Å². The van der Waals surface area contributed by atoms with E-state index >= 15 is 0 Å². The summed E-state index contributed by atoms with van der Waals surface area (Å²) >= 11 is 1.65. The molecule has 1 amide bonds. The molecule has 0 unspecified atom stereocenters. The molecule has 5 heteroatoms. The van der Waals surface area contributed by atoms with E-state index in [0.29, 0.717) is 6.54 Å². The van der Waals surface area contributed by atoms with Gasteiger partial charge in [0.2, 0.25) is 5.91 Å². The van der Waals surface area contributed by atoms with E-state index in [1.54, 1.807) is 11.3 Å². The monoisotopic (exact) mass is 200 g/mol. The van der Waals surface area contributed by atoms with Crippen molar-refractivity contribution in [3.63, 3.8) is 0 Å². The minimum Gasteiger partial charge on any atom is -0.368 e. The van der Waals surface area contributed by atoms with Crippen molar-refractivity contribution in [3.05, 3.63) is 21.9 Å². The minimum atomic E-state index is -0.476. The van der Waals surface area contributed by atoms with Crippen molar-refractivity contribution in [2.75, 3.05) is 6.61 Å². The Kier molecular flexibility index (Phi) is 3.88. The predicted molar refractivity (Wildman–Crippen MR) is 51.0 cm³/mol. The lowest BCUT2D eigenvalue weighted by Gasteiger charge is -2.02. The summed E-state index contributed by atoms with van der Waals surface area (Å²) < 4.78 is 0. The summed E-state index contributed by atoms with van der Waals surface area (Å²) in [5.74, 6) is -0.476. The van der Waals surface area contributed by atoms with Crippen molar-refractivity contribution in [1.29, 1.82) is 0 Å². The maximum Gasteiger partial charge on any atom is 0.245 e. The number of hydrogen-bond donors (Lipinski definition) is 2. The van der Waals surface area contributed by atoms with Crippen molar-refractivity contribution < 1.29 is 9.63 Å². The molecule has 0 bridgehead atoms. The Balaban J connectivity index is 2.20. The summed E-state index contributed by atoms with van der Waals surface area (Å²) in [6, 6.07) is 2.04. The van der Waals surface area contributed by atoms with Crippen LogP contribution in [0.5, 0.6) is 0 Å². The predicted octanol–water partition coefficient (Wildman–Crippen LogP) is 0.563. The molecule has 3 N–H and O–H groups in total. The van der Waals surface area contributed by atoms with Crippen LogP contribution in [0.4, 0.5) is 0 Å². The number of amides is 1. The fraction of sp³-hybridized carbons (Fsp3) is 0.375. The third kappa shape index (κ3) is 3.54. The Morgan fingerprint density at radius 2 is 2.54 bits per heavy atom. The fourth-order valence-corrected chi connectivity index (χ4v) is 1.66. The van der Waals surface area contributed by atoms with Gasteiger partial charge in [-0.15, -0.1) is 11.3 Å². The molecule has 1 rings (SSSR count). The summed E-state index contributed by atoms with van der Waals surface area (Å²) in [5.41, 5.74) is 8.77. The number of primary amides is 1. The van der Waals surface area contributed by atoms with E-state index in [1.165, 1.54) is 10.4 Å². The molecule has 0 aliphatic carbocycles. The fourth-order valence-electron chi connectivity index (χ4n) is 0.824. The van der Waals surface area contributed by atoms with Gasteiger partial charge in [-0.1, -0.05) is 0 Å². The van der Waals surface area contributed by atoms with Crippen molar-refractivity contribution >= 4 is 17.2 Å². The van der Waals surface area contributed by atoms with E-state index in [-0.39, 0.29) is 6.61 Å². The third-order valence-corrected chi connectivity index (χ3v) is 2.54. The highest BCUT2D eigenvalue weighted by Gasteiger charge is 1.99. The summed E-state index contributed by atoms with van der Waals surface area (Å²) in [5, 5.41) is 2.01. The topological polar surface area (TPSA) is 64.3 Å². The first kappa shape index (κ1) is 10.2. The van der Waals surface area contributed by atoms with Crippen molar-refractivity contribution in [2.45, 2.75) is 13.5 Å². The quantitative estimate of drug-likeness (QED) is 0.539. The minimum absolute atomic E-state index is 0.0928. The Labute approximate surface area is 80.7 Å². The number of hydroxylamine groups is 1. The van der Waals surface area contributed by atoms with E-state index in [0.717, 1.165) is 0 Å². The number of hydrogen-bond acceptors (Lipinski definition) is 4. The van der Waals surface area contributed by atoms with Crippen molar-refractivity contribution in [2.24, 2.45) is 5.73 Å². The molecule has 0 saturated carbocycles. The molecule has 0 aliphatic heterocycles. The van der Waals surface area contributed by atoms with Gasteiger partial charge in [0.05, 0.1) is 6.54 Å². The van der Waals surface area contributed by atoms with Gasteiger partial charge in [-0.25, -0.2) is 0 Å². The smallest absolute Gasteiger partial charge is 0.245 e. The lowest BCUT2D eigenvalue weighted by atomic mass is 10.3. The summed E-state index contributed by atoms with van der Waals surface area (Å²) in [6.07, 6.45) is 0. The number of rotatable bonds is 5. The van der Waals surface area contributed by atoms with Crippen LogP contribution in [0, 0.1) is 6.92 Å². The zero-order valence-electron chi connectivity index (χ0n) is 7.37. The Morgan fingerprint density at radius 3 is 3.08 bits per heavy atom. The van der Waals surface area contributed by atoms with Crippen LogP contribution < -0.4 is 11.2 Å². The highest BCUT2D eigenvalue weighted by molar-refractivity contribution is 7.10. The maximum absolute atomic E-state index is 10.3. The number of nitrogens with one attached hydrogen (secondary N) is 1. The van der Waals surface area contributed by atoms with E-state index in [2.05, 4.69) is 5.48 Å². The van der Waals surface area contributed by atoms with Gasteiger partial charge in [-0.05, 0) is 23.9 Å². The molecule has 72 valence electrons. The SMILES string of the molecule is Cc1ccsc1CNOCC(N)=O. The Bertz CT molecular complexity index is 285. The van der Waals surface area contributed by atoms with Gasteiger partial charge in [-0.2, -0.15) is 5.48 Å². The normalized spacial score (nSPS) is 10.2. The highest BCUT2D eigenvalue weighted by atomic mass is 32.1. The maximum atomic E-state index is 10.3. The second kappa shape index (κ2) is 4.96. The number of nitrogens with two attached hydrogens (primary N) is 1. The van der Waals surface area contributed by atoms with Crippen molar-refractivity contribution in [1.82, 2.24) is 5.48 Å². The highest BCUT2D eigenvalue weighted by Crippen LogP contribution is 2.14. The molecule has 0 spiro atoms. The molecular formula is C8H12N2O2S. The average Bonchev–Trinajstić information content (AvgIpc) is 2.45. The van der Waals surface area contributed by atoms with Crippen LogP contribution in [-0.2, 0) is 16.2 Å². The molecule has 13 heavy (non-hydrogen) atoms. The van der Waals surface area contributed by atoms with Crippen LogP contribution in [0.15, 0.2) is 11.4 Å². The number of carbonyl (C=O) groups is 1. The number of aryl methyl sites for hydroxylation is 1. The van der Waals surface area contributed by atoms with Crippen LogP contribution in [0.1, 0.15) is 10.4 Å². The molecule has 1 aromatic heterocycles. The first-order valence-corrected chi connectivity index (χ1v) is 4.74. The van der Waals surface area contributed by atoms with E-state index in [1.807, 2.05) is 18.4 Å². The van der Waals surface area contributed by atoms with E-state index in [9.17, 15) is 4.79 Å². The summed E-state index contributed by atoms with van der Waals surface area (Å²) in [4.78, 5) is 16.3. The average molecular weight is 200 g/mol. The number of thiophene rings is 1. The molecule has 0 aromatic carbocycles. The largest absolute Gasteiger partial charge is 0.368 e. The van der Waals surface area contributed by atoms with Gasteiger partial charge in [-0.3, -0.25) is 9.63 Å². The molecule has 1 aromatic rings. The molecule has 0 radical (unpaired) electrons.